The largest absolute Gasteiger partial charge is 0.504 e. The molecule has 1 aliphatic rings. The van der Waals surface area contributed by atoms with Crippen molar-refractivity contribution < 1.29 is 9.84 Å². The fourth-order valence-corrected chi connectivity index (χ4v) is 3.49. The molecule has 0 heterocycles. The molecular formula is C22H26N2O2. The SMILES string of the molecule is COc1cc([C@@H]2CC=C[C@H](N(C)C)C2N=Cc2ccccc2)ccc1O. The van der Waals surface area contributed by atoms with Crippen molar-refractivity contribution in [2.24, 2.45) is 4.99 Å². The smallest absolute Gasteiger partial charge is 0.160 e. The highest BCUT2D eigenvalue weighted by Crippen LogP contribution is 2.37. The highest BCUT2D eigenvalue weighted by atomic mass is 16.5. The van der Waals surface area contributed by atoms with E-state index in [4.69, 9.17) is 9.73 Å². The lowest BCUT2D eigenvalue weighted by atomic mass is 9.80. The number of aliphatic imine (C=N–C) groups is 1. The molecule has 4 heteroatoms. The number of methoxy groups -OCH3 is 1. The first-order valence-electron chi connectivity index (χ1n) is 8.88. The summed E-state index contributed by atoms with van der Waals surface area (Å²) in [7, 11) is 5.74. The predicted molar refractivity (Wildman–Crippen MR) is 106 cm³/mol. The molecule has 26 heavy (non-hydrogen) atoms. The lowest BCUT2D eigenvalue weighted by Gasteiger charge is -2.36. The molecule has 0 fully saturated rings. The number of hydrogen-bond acceptors (Lipinski definition) is 4. The zero-order valence-corrected chi connectivity index (χ0v) is 15.5. The number of hydrogen-bond donors (Lipinski definition) is 1. The Kier molecular flexibility index (Phi) is 5.74. The van der Waals surface area contributed by atoms with Gasteiger partial charge in [-0.3, -0.25) is 4.99 Å². The summed E-state index contributed by atoms with van der Waals surface area (Å²) in [6.07, 6.45) is 7.34. The van der Waals surface area contributed by atoms with Crippen molar-refractivity contribution >= 4 is 6.21 Å². The Morgan fingerprint density at radius 1 is 1.15 bits per heavy atom. The van der Waals surface area contributed by atoms with E-state index in [-0.39, 0.29) is 23.8 Å². The average Bonchev–Trinajstić information content (AvgIpc) is 2.67. The van der Waals surface area contributed by atoms with Gasteiger partial charge < -0.3 is 14.7 Å². The topological polar surface area (TPSA) is 45.1 Å². The van der Waals surface area contributed by atoms with Crippen LogP contribution < -0.4 is 4.74 Å². The predicted octanol–water partition coefficient (Wildman–Crippen LogP) is 3.86. The van der Waals surface area contributed by atoms with E-state index >= 15 is 0 Å². The fraction of sp³-hybridized carbons (Fsp3) is 0.318. The maximum absolute atomic E-state index is 9.91. The molecule has 3 atom stereocenters. The van der Waals surface area contributed by atoms with E-state index in [2.05, 4.69) is 43.3 Å². The lowest BCUT2D eigenvalue weighted by molar-refractivity contribution is 0.270. The Hall–Kier alpha value is -2.59. The summed E-state index contributed by atoms with van der Waals surface area (Å²) in [4.78, 5) is 7.17. The van der Waals surface area contributed by atoms with Crippen LogP contribution in [0.3, 0.4) is 0 Å². The molecule has 1 N–H and O–H groups in total. The normalized spacial score (nSPS) is 22.8. The van der Waals surface area contributed by atoms with Gasteiger partial charge >= 0.3 is 0 Å². The molecule has 0 bridgehead atoms. The van der Waals surface area contributed by atoms with E-state index in [0.717, 1.165) is 17.5 Å². The minimum Gasteiger partial charge on any atom is -0.504 e. The number of phenols is 1. The van der Waals surface area contributed by atoms with Crippen LogP contribution in [0.4, 0.5) is 0 Å². The summed E-state index contributed by atoms with van der Waals surface area (Å²) >= 11 is 0. The first kappa shape index (κ1) is 18.2. The van der Waals surface area contributed by atoms with Crippen LogP contribution in [-0.2, 0) is 0 Å². The van der Waals surface area contributed by atoms with Crippen LogP contribution in [0.1, 0.15) is 23.5 Å². The first-order valence-corrected chi connectivity index (χ1v) is 8.88. The summed E-state index contributed by atoms with van der Waals surface area (Å²) in [6.45, 7) is 0. The quantitative estimate of drug-likeness (QED) is 0.658. The second kappa shape index (κ2) is 8.19. The number of likely N-dealkylation sites (N-methyl/N-ethyl adjacent to an activating group) is 1. The maximum atomic E-state index is 9.91. The zero-order chi connectivity index (χ0) is 18.5. The second-order valence-corrected chi connectivity index (χ2v) is 6.84. The van der Waals surface area contributed by atoms with Crippen molar-refractivity contribution in [3.63, 3.8) is 0 Å². The second-order valence-electron chi connectivity index (χ2n) is 6.84. The van der Waals surface area contributed by atoms with Crippen LogP contribution >= 0.6 is 0 Å². The van der Waals surface area contributed by atoms with E-state index in [0.29, 0.717) is 5.75 Å². The van der Waals surface area contributed by atoms with E-state index in [1.165, 1.54) is 0 Å². The molecule has 0 aliphatic heterocycles. The number of ether oxygens (including phenoxy) is 1. The van der Waals surface area contributed by atoms with Crippen molar-refractivity contribution in [1.82, 2.24) is 4.90 Å². The average molecular weight is 350 g/mol. The maximum Gasteiger partial charge on any atom is 0.160 e. The van der Waals surface area contributed by atoms with E-state index < -0.39 is 0 Å². The van der Waals surface area contributed by atoms with Crippen LogP contribution in [-0.4, -0.2) is 49.5 Å². The van der Waals surface area contributed by atoms with Gasteiger partial charge in [-0.05, 0) is 43.8 Å². The molecule has 1 unspecified atom stereocenters. The molecule has 0 saturated heterocycles. The number of nitrogens with zero attached hydrogens (tertiary/aromatic N) is 2. The lowest BCUT2D eigenvalue weighted by Crippen LogP contribution is -2.42. The summed E-state index contributed by atoms with van der Waals surface area (Å²) in [5.41, 5.74) is 2.23. The number of rotatable bonds is 5. The van der Waals surface area contributed by atoms with Crippen molar-refractivity contribution in [2.75, 3.05) is 21.2 Å². The minimum atomic E-state index is 0.0875. The van der Waals surface area contributed by atoms with Crippen molar-refractivity contribution in [1.29, 1.82) is 0 Å². The van der Waals surface area contributed by atoms with Crippen LogP contribution in [0.5, 0.6) is 11.5 Å². The van der Waals surface area contributed by atoms with Crippen LogP contribution in [0.25, 0.3) is 0 Å². The van der Waals surface area contributed by atoms with Crippen LogP contribution in [0.15, 0.2) is 65.7 Å². The molecule has 4 nitrogen and oxygen atoms in total. The van der Waals surface area contributed by atoms with Gasteiger partial charge in [0, 0.05) is 12.1 Å². The summed E-state index contributed by atoms with van der Waals surface area (Å²) < 4.78 is 5.30. The van der Waals surface area contributed by atoms with E-state index in [9.17, 15) is 5.11 Å². The van der Waals surface area contributed by atoms with Gasteiger partial charge in [0.1, 0.15) is 0 Å². The first-order chi connectivity index (χ1) is 12.6. The molecule has 0 saturated carbocycles. The molecular weight excluding hydrogens is 324 g/mol. The molecule has 0 amide bonds. The zero-order valence-electron chi connectivity index (χ0n) is 15.5. The van der Waals surface area contributed by atoms with Crippen molar-refractivity contribution in [3.8, 4) is 11.5 Å². The van der Waals surface area contributed by atoms with Gasteiger partial charge in [0.2, 0.25) is 0 Å². The van der Waals surface area contributed by atoms with Crippen molar-refractivity contribution in [2.45, 2.75) is 24.4 Å². The van der Waals surface area contributed by atoms with E-state index in [1.807, 2.05) is 36.5 Å². The van der Waals surface area contributed by atoms with Crippen LogP contribution in [0, 0.1) is 0 Å². The Labute approximate surface area is 155 Å². The third kappa shape index (κ3) is 3.97. The number of benzene rings is 2. The van der Waals surface area contributed by atoms with Gasteiger partial charge in [0.15, 0.2) is 11.5 Å². The monoisotopic (exact) mass is 350 g/mol. The molecule has 0 aromatic heterocycles. The highest BCUT2D eigenvalue weighted by molar-refractivity contribution is 5.79. The van der Waals surface area contributed by atoms with E-state index in [1.54, 1.807) is 13.2 Å². The number of phenolic OH excluding ortho intramolecular Hbond substituents is 1. The van der Waals surface area contributed by atoms with Gasteiger partial charge in [-0.15, -0.1) is 0 Å². The molecule has 1 aliphatic carbocycles. The van der Waals surface area contributed by atoms with Gasteiger partial charge in [-0.25, -0.2) is 0 Å². The third-order valence-corrected chi connectivity index (χ3v) is 4.91. The van der Waals surface area contributed by atoms with Crippen molar-refractivity contribution in [3.05, 3.63) is 71.8 Å². The fourth-order valence-electron chi connectivity index (χ4n) is 3.49. The number of allylic oxidation sites excluding steroid dienone is 1. The summed E-state index contributed by atoms with van der Waals surface area (Å²) in [5, 5.41) is 9.91. The molecule has 3 rings (SSSR count). The Morgan fingerprint density at radius 2 is 1.92 bits per heavy atom. The molecule has 0 radical (unpaired) electrons. The summed E-state index contributed by atoms with van der Waals surface area (Å²) in [6, 6.07) is 16.1. The van der Waals surface area contributed by atoms with Gasteiger partial charge in [-0.2, -0.15) is 0 Å². The Bertz CT molecular complexity index is 784. The number of aromatic hydroxyl groups is 1. The Balaban J connectivity index is 1.96. The van der Waals surface area contributed by atoms with Gasteiger partial charge in [0.25, 0.3) is 0 Å². The molecule has 0 spiro atoms. The third-order valence-electron chi connectivity index (χ3n) is 4.91. The molecule has 2 aromatic carbocycles. The molecule has 2 aromatic rings. The van der Waals surface area contributed by atoms with Gasteiger partial charge in [0.05, 0.1) is 19.2 Å². The highest BCUT2D eigenvalue weighted by Gasteiger charge is 2.32. The van der Waals surface area contributed by atoms with Gasteiger partial charge in [-0.1, -0.05) is 48.6 Å². The standard InChI is InChI=1S/C22H26N2O2/c1-24(2)19-11-7-10-18(17-12-13-20(25)21(14-17)26-3)22(19)23-15-16-8-5-4-6-9-16/h4-9,11-15,18-19,22,25H,10H2,1-3H3/t18-,19-,22?/m0/s1. The minimum absolute atomic E-state index is 0.0875. The Morgan fingerprint density at radius 3 is 2.62 bits per heavy atom. The molecule has 136 valence electrons. The van der Waals surface area contributed by atoms with Crippen LogP contribution in [0.2, 0.25) is 0 Å². The summed E-state index contributed by atoms with van der Waals surface area (Å²) in [5.74, 6) is 0.891.